The Hall–Kier alpha value is -2.93. The molecule has 1 aliphatic heterocycles. The monoisotopic (exact) mass is 400 g/mol. The zero-order chi connectivity index (χ0) is 20.7. The number of rotatable bonds is 9. The van der Waals surface area contributed by atoms with E-state index >= 15 is 0 Å². The second-order valence-electron chi connectivity index (χ2n) is 5.89. The maximum atomic E-state index is 12.7. The van der Waals surface area contributed by atoms with Crippen LogP contribution in [0.3, 0.4) is 0 Å². The van der Waals surface area contributed by atoms with Crippen molar-refractivity contribution < 1.29 is 19.1 Å². The number of amides is 2. The van der Waals surface area contributed by atoms with Gasteiger partial charge in [-0.1, -0.05) is 12.2 Å². The molecule has 1 saturated heterocycles. The van der Waals surface area contributed by atoms with Gasteiger partial charge in [0.15, 0.2) is 16.6 Å². The van der Waals surface area contributed by atoms with Gasteiger partial charge in [0.25, 0.3) is 11.8 Å². The van der Waals surface area contributed by atoms with E-state index in [2.05, 4.69) is 18.5 Å². The number of allylic oxidation sites excluding steroid dienone is 1. The average molecular weight is 401 g/mol. The van der Waals surface area contributed by atoms with Crippen molar-refractivity contribution in [2.24, 2.45) is 0 Å². The average Bonchev–Trinajstić information content (AvgIpc) is 2.65. The quantitative estimate of drug-likeness (QED) is 0.299. The van der Waals surface area contributed by atoms with Gasteiger partial charge in [-0.25, -0.2) is 0 Å². The van der Waals surface area contributed by atoms with Crippen LogP contribution in [0.15, 0.2) is 43.0 Å². The molecule has 0 aliphatic carbocycles. The molecular weight excluding hydrogens is 376 g/mol. The van der Waals surface area contributed by atoms with Gasteiger partial charge in [0.2, 0.25) is 0 Å². The van der Waals surface area contributed by atoms with Gasteiger partial charge in [-0.05, 0) is 56.3 Å². The Morgan fingerprint density at radius 1 is 1.14 bits per heavy atom. The van der Waals surface area contributed by atoms with Crippen LogP contribution in [-0.2, 0) is 16.0 Å². The highest BCUT2D eigenvalue weighted by Gasteiger charge is 2.32. The van der Waals surface area contributed by atoms with Crippen molar-refractivity contribution in [3.63, 3.8) is 0 Å². The number of ether oxygens (including phenoxy) is 2. The summed E-state index contributed by atoms with van der Waals surface area (Å²) in [4.78, 5) is 26.4. The van der Waals surface area contributed by atoms with Crippen LogP contribution in [0.4, 0.5) is 0 Å². The first-order valence-electron chi connectivity index (χ1n) is 8.99. The molecule has 7 heteroatoms. The van der Waals surface area contributed by atoms with Gasteiger partial charge < -0.3 is 9.47 Å². The van der Waals surface area contributed by atoms with Gasteiger partial charge in [0, 0.05) is 12.1 Å². The maximum Gasteiger partial charge on any atom is 0.265 e. The highest BCUT2D eigenvalue weighted by molar-refractivity contribution is 7.80. The number of hydrogen-bond donors (Lipinski definition) is 1. The van der Waals surface area contributed by atoms with E-state index in [1.165, 1.54) is 11.0 Å². The van der Waals surface area contributed by atoms with Gasteiger partial charge in [-0.3, -0.25) is 19.8 Å². The van der Waals surface area contributed by atoms with E-state index in [1.54, 1.807) is 18.2 Å². The van der Waals surface area contributed by atoms with Gasteiger partial charge in [-0.2, -0.15) is 0 Å². The van der Waals surface area contributed by atoms with E-state index in [-0.39, 0.29) is 17.2 Å². The molecule has 1 heterocycles. The third kappa shape index (κ3) is 4.67. The van der Waals surface area contributed by atoms with Gasteiger partial charge >= 0.3 is 0 Å². The Kier molecular flexibility index (Phi) is 7.52. The first-order valence-corrected chi connectivity index (χ1v) is 9.40. The highest BCUT2D eigenvalue weighted by Crippen LogP contribution is 2.35. The number of hydrogen-bond acceptors (Lipinski definition) is 5. The van der Waals surface area contributed by atoms with E-state index in [4.69, 9.17) is 21.7 Å². The van der Waals surface area contributed by atoms with Crippen molar-refractivity contribution in [3.05, 3.63) is 54.1 Å². The Morgan fingerprint density at radius 3 is 2.46 bits per heavy atom. The summed E-state index contributed by atoms with van der Waals surface area (Å²) in [6.45, 7) is 12.3. The highest BCUT2D eigenvalue weighted by atomic mass is 32.1. The lowest BCUT2D eigenvalue weighted by Gasteiger charge is -2.27. The molecule has 1 N–H and O–H groups in total. The molecule has 1 fully saturated rings. The van der Waals surface area contributed by atoms with E-state index < -0.39 is 11.8 Å². The fourth-order valence-corrected chi connectivity index (χ4v) is 3.05. The van der Waals surface area contributed by atoms with Crippen LogP contribution >= 0.6 is 12.2 Å². The van der Waals surface area contributed by atoms with Crippen LogP contribution in [0.25, 0.3) is 6.08 Å². The van der Waals surface area contributed by atoms with Crippen molar-refractivity contribution in [1.29, 1.82) is 0 Å². The second kappa shape index (κ2) is 9.85. The summed E-state index contributed by atoms with van der Waals surface area (Å²) in [6.07, 6.45) is 5.39. The van der Waals surface area contributed by atoms with E-state index in [0.29, 0.717) is 36.7 Å². The third-order valence-electron chi connectivity index (χ3n) is 3.92. The number of carbonyl (C=O) groups is 2. The third-order valence-corrected chi connectivity index (χ3v) is 4.24. The first-order chi connectivity index (χ1) is 13.5. The van der Waals surface area contributed by atoms with Crippen LogP contribution in [-0.4, -0.2) is 41.6 Å². The number of nitrogens with one attached hydrogen (secondary N) is 1. The SMILES string of the molecule is C=CCc1cc(/C=C2\C(=O)NC(=S)N(CC=C)C2=O)cc(OCC)c1OCC. The summed E-state index contributed by atoms with van der Waals surface area (Å²) >= 11 is 5.07. The van der Waals surface area contributed by atoms with Crippen LogP contribution in [0.1, 0.15) is 25.0 Å². The number of nitrogens with zero attached hydrogens (tertiary/aromatic N) is 1. The molecule has 1 aromatic rings. The van der Waals surface area contributed by atoms with E-state index in [9.17, 15) is 9.59 Å². The minimum atomic E-state index is -0.535. The maximum absolute atomic E-state index is 12.7. The zero-order valence-corrected chi connectivity index (χ0v) is 16.9. The fraction of sp³-hybridized carbons (Fsp3) is 0.286. The predicted molar refractivity (Wildman–Crippen MR) is 113 cm³/mol. The van der Waals surface area contributed by atoms with Crippen LogP contribution in [0.5, 0.6) is 11.5 Å². The molecule has 2 amide bonds. The second-order valence-corrected chi connectivity index (χ2v) is 6.27. The Bertz CT molecular complexity index is 845. The molecular formula is C21H24N2O4S. The first kappa shape index (κ1) is 21.4. The molecule has 148 valence electrons. The minimum absolute atomic E-state index is 0.00777. The summed E-state index contributed by atoms with van der Waals surface area (Å²) < 4.78 is 11.5. The Morgan fingerprint density at radius 2 is 1.86 bits per heavy atom. The molecule has 0 bridgehead atoms. The molecule has 0 radical (unpaired) electrons. The number of benzene rings is 1. The Labute approximate surface area is 170 Å². The summed E-state index contributed by atoms with van der Waals surface area (Å²) in [5.41, 5.74) is 1.50. The molecule has 28 heavy (non-hydrogen) atoms. The van der Waals surface area contributed by atoms with Crippen molar-refractivity contribution in [2.75, 3.05) is 19.8 Å². The minimum Gasteiger partial charge on any atom is -0.490 e. The zero-order valence-electron chi connectivity index (χ0n) is 16.1. The molecule has 6 nitrogen and oxygen atoms in total. The van der Waals surface area contributed by atoms with Crippen molar-refractivity contribution >= 4 is 35.2 Å². The normalized spacial score (nSPS) is 15.4. The summed E-state index contributed by atoms with van der Waals surface area (Å²) in [7, 11) is 0. The fourth-order valence-electron chi connectivity index (χ4n) is 2.80. The summed E-state index contributed by atoms with van der Waals surface area (Å²) in [5, 5.41) is 2.61. The lowest BCUT2D eigenvalue weighted by molar-refractivity contribution is -0.128. The van der Waals surface area contributed by atoms with Crippen molar-refractivity contribution in [1.82, 2.24) is 10.2 Å². The van der Waals surface area contributed by atoms with Gasteiger partial charge in [-0.15, -0.1) is 13.2 Å². The molecule has 0 spiro atoms. The summed E-state index contributed by atoms with van der Waals surface area (Å²) in [5.74, 6) is 0.191. The van der Waals surface area contributed by atoms with Crippen LogP contribution in [0, 0.1) is 0 Å². The van der Waals surface area contributed by atoms with Gasteiger partial charge in [0.1, 0.15) is 5.57 Å². The van der Waals surface area contributed by atoms with E-state index in [0.717, 1.165) is 5.56 Å². The van der Waals surface area contributed by atoms with Crippen molar-refractivity contribution in [3.8, 4) is 11.5 Å². The standard InChI is InChI=1S/C21H24N2O4S/c1-5-9-15-11-14(13-17(26-7-3)18(15)27-8-4)12-16-19(24)22-21(28)23(10-6-2)20(16)25/h5-6,11-13H,1-2,7-10H2,3-4H3,(H,22,24,28)/b16-12+. The molecule has 0 aromatic heterocycles. The van der Waals surface area contributed by atoms with Crippen LogP contribution < -0.4 is 14.8 Å². The molecule has 1 aliphatic rings. The van der Waals surface area contributed by atoms with Crippen LogP contribution in [0.2, 0.25) is 0 Å². The number of thiocarbonyl (C=S) groups is 1. The molecule has 2 rings (SSSR count). The lowest BCUT2D eigenvalue weighted by atomic mass is 10.0. The van der Waals surface area contributed by atoms with E-state index in [1.807, 2.05) is 19.9 Å². The molecule has 0 atom stereocenters. The molecule has 1 aromatic carbocycles. The lowest BCUT2D eigenvalue weighted by Crippen LogP contribution is -2.53. The topological polar surface area (TPSA) is 67.9 Å². The largest absolute Gasteiger partial charge is 0.490 e. The number of carbonyl (C=O) groups excluding carboxylic acids is 2. The smallest absolute Gasteiger partial charge is 0.265 e. The molecule has 0 unspecified atom stereocenters. The Balaban J connectivity index is 2.54. The predicted octanol–water partition coefficient (Wildman–Crippen LogP) is 3.03. The van der Waals surface area contributed by atoms with Gasteiger partial charge in [0.05, 0.1) is 13.2 Å². The summed E-state index contributed by atoms with van der Waals surface area (Å²) in [6, 6.07) is 3.60. The van der Waals surface area contributed by atoms with Crippen molar-refractivity contribution in [2.45, 2.75) is 20.3 Å². The molecule has 0 saturated carbocycles.